The molecule has 0 N–H and O–H groups in total. The molecule has 0 saturated heterocycles. The van der Waals surface area contributed by atoms with Gasteiger partial charge >= 0.3 is 0 Å². The molecule has 0 fully saturated rings. The van der Waals surface area contributed by atoms with E-state index in [1.165, 1.54) is 221 Å². The molecule has 0 unspecified atom stereocenters. The largest absolute Gasteiger partial charge is 0.457 e. The normalized spacial score (nSPS) is 13.3. The molecule has 1 nitrogen and oxygen atoms in total. The highest BCUT2D eigenvalue weighted by Crippen LogP contribution is 2.47. The van der Waals surface area contributed by atoms with Crippen LogP contribution >= 0.6 is 11.8 Å². The molecule has 0 saturated carbocycles. The Bertz CT molecular complexity index is 7370. The van der Waals surface area contributed by atoms with Crippen molar-refractivity contribution in [3.8, 4) is 44.9 Å². The van der Waals surface area contributed by atoms with Gasteiger partial charge in [0.15, 0.2) is 0 Å². The number of fused-ring (bicyclic) bond motifs is 19. The van der Waals surface area contributed by atoms with E-state index >= 15 is 0 Å². The molecular weight excluding hydrogens is 1830 g/mol. The zero-order chi connectivity index (χ0) is 103. The highest BCUT2D eigenvalue weighted by molar-refractivity contribution is 7.99. The lowest BCUT2D eigenvalue weighted by atomic mass is 9.68. The molecule has 0 radical (unpaired) electrons. The van der Waals surface area contributed by atoms with E-state index in [9.17, 15) is 0 Å². The summed E-state index contributed by atoms with van der Waals surface area (Å²) in [7, 11) is -1.43. The van der Waals surface area contributed by atoms with Crippen molar-refractivity contribution in [1.82, 2.24) is 0 Å². The van der Waals surface area contributed by atoms with Gasteiger partial charge in [0.25, 0.3) is 0 Å². The number of ether oxygens (including phenoxy) is 1. The SMILES string of the molecule is CC1(C)c2ccccc2Cc2ccccc21.C[Si]1(C)c2ccccc2Cc2ccccc21.Cc1ccc(Cc2ccc(C)cc2)cc1.Cc1ccc2c(c1)-c1cc(C)ccc1C2.Cc1ccc2c(c1)C(C)(C)c1cc(C)ccc1C2.Cc1cccc2c1Cc1c(C)cccc1-2.c1ccc(Cc2ccccc2)cc1.c1ccc2c(c1)Cc1ccccc1-2.c1ccc2c(c1)Cc1ccccc1O2.c1ccc2c(c1)Cc1ccccc1S2. The molecular formula is C146H138OSSi. The van der Waals surface area contributed by atoms with Crippen molar-refractivity contribution < 1.29 is 4.74 Å². The smallest absolute Gasteiger partial charge is 0.130 e. The first kappa shape index (κ1) is 102. The van der Waals surface area contributed by atoms with Gasteiger partial charge in [0.05, 0.1) is 0 Å². The summed E-state index contributed by atoms with van der Waals surface area (Å²) < 4.78 is 5.78. The van der Waals surface area contributed by atoms with Crippen LogP contribution < -0.4 is 15.1 Å². The van der Waals surface area contributed by atoms with E-state index in [4.69, 9.17) is 4.74 Å². The maximum Gasteiger partial charge on any atom is 0.130 e. The summed E-state index contributed by atoms with van der Waals surface area (Å²) in [5.74, 6) is 1.98. The van der Waals surface area contributed by atoms with Gasteiger partial charge in [-0.05, 0) is 315 Å². The molecule has 0 amide bonds. The fourth-order valence-corrected chi connectivity index (χ4v) is 27.1. The van der Waals surface area contributed by atoms with Crippen LogP contribution in [0.3, 0.4) is 0 Å². The zero-order valence-electron chi connectivity index (χ0n) is 89.3. The molecule has 0 bridgehead atoms. The van der Waals surface area contributed by atoms with E-state index in [-0.39, 0.29) is 10.8 Å². The van der Waals surface area contributed by atoms with Crippen molar-refractivity contribution in [2.45, 2.75) is 181 Å². The van der Waals surface area contributed by atoms with Crippen LogP contribution in [0.4, 0.5) is 0 Å². The van der Waals surface area contributed by atoms with E-state index < -0.39 is 8.07 Å². The van der Waals surface area contributed by atoms with Crippen molar-refractivity contribution in [2.24, 2.45) is 0 Å². The highest BCUT2D eigenvalue weighted by Gasteiger charge is 2.36. The van der Waals surface area contributed by atoms with Crippen LogP contribution in [0.15, 0.2) is 471 Å². The molecule has 0 spiro atoms. The van der Waals surface area contributed by atoms with Gasteiger partial charge < -0.3 is 4.74 Å². The number of para-hydroxylation sites is 2. The molecule has 738 valence electrons. The molecule has 3 heteroatoms. The number of rotatable bonds is 4. The van der Waals surface area contributed by atoms with Gasteiger partial charge in [0.1, 0.15) is 19.6 Å². The Morgan fingerprint density at radius 2 is 0.483 bits per heavy atom. The van der Waals surface area contributed by atoms with E-state index in [1.807, 2.05) is 36.0 Å². The fourth-order valence-electron chi connectivity index (χ4n) is 22.8. The maximum absolute atomic E-state index is 5.78. The Morgan fingerprint density at radius 1 is 0.208 bits per heavy atom. The molecule has 0 atom stereocenters. The second-order valence-corrected chi connectivity index (χ2v) is 48.4. The number of hydrogen-bond acceptors (Lipinski definition) is 2. The fraction of sp³-hybridized carbons (Fsp3) is 0.178. The van der Waals surface area contributed by atoms with Crippen molar-refractivity contribution in [1.29, 1.82) is 0 Å². The summed E-state index contributed by atoms with van der Waals surface area (Å²) in [6.07, 6.45) is 10.7. The third-order valence-electron chi connectivity index (χ3n) is 31.0. The zero-order valence-corrected chi connectivity index (χ0v) is 91.1. The van der Waals surface area contributed by atoms with Gasteiger partial charge in [-0.15, -0.1) is 0 Å². The van der Waals surface area contributed by atoms with Gasteiger partial charge in [-0.1, -0.05) is 533 Å². The lowest BCUT2D eigenvalue weighted by Gasteiger charge is -2.35. The molecule has 149 heavy (non-hydrogen) atoms. The summed E-state index contributed by atoms with van der Waals surface area (Å²) in [5, 5.41) is 3.24. The van der Waals surface area contributed by atoms with Gasteiger partial charge in [-0.25, -0.2) is 0 Å². The second-order valence-electron chi connectivity index (χ2n) is 43.0. The van der Waals surface area contributed by atoms with E-state index in [0.29, 0.717) is 0 Å². The van der Waals surface area contributed by atoms with Crippen molar-refractivity contribution >= 4 is 30.2 Å². The Labute approximate surface area is 893 Å². The molecule has 8 aliphatic rings. The van der Waals surface area contributed by atoms with Crippen LogP contribution in [0.1, 0.15) is 206 Å². The molecule has 3 aliphatic heterocycles. The number of aryl methyl sites for hydroxylation is 8. The van der Waals surface area contributed by atoms with Crippen LogP contribution in [0.5, 0.6) is 11.5 Å². The van der Waals surface area contributed by atoms with Crippen LogP contribution in [0.25, 0.3) is 33.4 Å². The lowest BCUT2D eigenvalue weighted by Crippen LogP contribution is -2.58. The Balaban J connectivity index is 0.000000104. The summed E-state index contributed by atoms with van der Waals surface area (Å²) in [6.45, 7) is 31.6. The van der Waals surface area contributed by atoms with E-state index in [0.717, 1.165) is 75.7 Å². The first-order valence-corrected chi connectivity index (χ1v) is 57.1. The second kappa shape index (κ2) is 46.5. The topological polar surface area (TPSA) is 9.23 Å². The molecule has 3 heterocycles. The van der Waals surface area contributed by atoms with Crippen LogP contribution in [0, 0.1) is 55.4 Å². The number of benzene rings is 20. The summed E-state index contributed by atoms with van der Waals surface area (Å²) in [4.78, 5) is 2.82. The maximum atomic E-state index is 5.78. The van der Waals surface area contributed by atoms with Crippen molar-refractivity contribution in [3.05, 3.63) is 639 Å². The lowest BCUT2D eigenvalue weighted by molar-refractivity contribution is 0.460. The van der Waals surface area contributed by atoms with Crippen molar-refractivity contribution in [3.63, 3.8) is 0 Å². The van der Waals surface area contributed by atoms with E-state index in [2.05, 4.69) is 533 Å². The van der Waals surface area contributed by atoms with Gasteiger partial charge in [-0.2, -0.15) is 0 Å². The Hall–Kier alpha value is -15.2. The summed E-state index contributed by atoms with van der Waals surface area (Å²) in [5.41, 5.74) is 54.6. The third-order valence-corrected chi connectivity index (χ3v) is 35.9. The molecule has 20 aromatic rings. The van der Waals surface area contributed by atoms with Gasteiger partial charge in [0.2, 0.25) is 0 Å². The minimum absolute atomic E-state index is 0.126. The molecule has 0 aromatic heterocycles. The highest BCUT2D eigenvalue weighted by atomic mass is 32.2. The predicted octanol–water partition coefficient (Wildman–Crippen LogP) is 36.2. The molecule has 28 rings (SSSR count). The summed E-state index contributed by atoms with van der Waals surface area (Å²) in [6, 6.07) is 166. The van der Waals surface area contributed by atoms with Crippen LogP contribution in [-0.2, 0) is 75.0 Å². The minimum Gasteiger partial charge on any atom is -0.457 e. The average Bonchev–Trinajstić information content (AvgIpc) is 1.75. The van der Waals surface area contributed by atoms with Crippen LogP contribution in [-0.4, -0.2) is 8.07 Å². The van der Waals surface area contributed by atoms with Gasteiger partial charge in [0, 0.05) is 27.0 Å². The Kier molecular flexibility index (Phi) is 31.9. The number of hydrogen-bond donors (Lipinski definition) is 0. The van der Waals surface area contributed by atoms with E-state index in [1.54, 1.807) is 10.4 Å². The predicted molar refractivity (Wildman–Crippen MR) is 637 cm³/mol. The molecule has 5 aliphatic carbocycles. The average molecular weight is 1970 g/mol. The first-order valence-electron chi connectivity index (χ1n) is 53.3. The monoisotopic (exact) mass is 1970 g/mol. The summed E-state index contributed by atoms with van der Waals surface area (Å²) >= 11 is 1.88. The first-order chi connectivity index (χ1) is 72.4. The van der Waals surface area contributed by atoms with Crippen molar-refractivity contribution in [2.75, 3.05) is 0 Å². The molecule has 20 aromatic carbocycles. The van der Waals surface area contributed by atoms with Crippen LogP contribution in [0.2, 0.25) is 13.1 Å². The third kappa shape index (κ3) is 24.1. The quantitative estimate of drug-likeness (QED) is 0.162. The minimum atomic E-state index is -1.43. The Morgan fingerprint density at radius 3 is 0.906 bits per heavy atom. The van der Waals surface area contributed by atoms with Gasteiger partial charge in [-0.3, -0.25) is 0 Å². The standard InChI is InChI=1S/C18H20.C16H16.C15H16Si.2C15H14.C15H16.C13H10O.C13H10S.C13H10.C13H12/c1-12-5-7-14-11-15-8-6-13(2)10-17(15)18(3,4)16(14)9-12;2*1-16(2)14-9-5-3-7-12(14)11-13-8-4-6-10-15(13)16;1-10-3-5-12-9-13-6-4-11(2)8-15(13)14(12)7-10;1-10-5-3-7-12-13-8-4-6-11(2)15(13)9-14(10)12;1-12-3-7-14(8-4-12)11-15-9-5-13(2)6-10-15;2*1-3-7-12-10(5-1)9-11-6-2-4-8-13(11)14-12;1-3-7-12-10(5-1)9-11-6-2-4-8-13(11)12;1-3-7-12(8-4-1)11-13-9-5-2-6-10-13/h5-10H,11H2,1-4H3;2*3-10H,11H2,1-2H3;2*3-8H,9H2,1-2H3;3-10H,11H2,1-2H3;2*1-8H,9H2;1-8H,9H2;1-10H,11H2.